The first-order valence-electron chi connectivity index (χ1n) is 24.3. The van der Waals surface area contributed by atoms with Gasteiger partial charge in [0.25, 0.3) is 0 Å². The molecule has 11 aromatic carbocycles. The molecule has 11 aromatic rings. The van der Waals surface area contributed by atoms with Crippen LogP contribution in [0.25, 0.3) is 66.1 Å². The fourth-order valence-corrected chi connectivity index (χ4v) is 12.2. The molecule has 0 saturated carbocycles. The van der Waals surface area contributed by atoms with Gasteiger partial charge in [-0.05, 0) is 154 Å². The molecule has 0 radical (unpaired) electrons. The van der Waals surface area contributed by atoms with E-state index < -0.39 is 0 Å². The topological polar surface area (TPSA) is 6.48 Å². The summed E-state index contributed by atoms with van der Waals surface area (Å²) in [4.78, 5) is 4.98. The molecule has 0 bridgehead atoms. The van der Waals surface area contributed by atoms with Crippen molar-refractivity contribution < 1.29 is 0 Å². The monoisotopic (exact) mass is 880 g/mol. The highest BCUT2D eigenvalue weighted by Crippen LogP contribution is 2.54. The first-order chi connectivity index (χ1) is 34.0. The van der Waals surface area contributed by atoms with Crippen LogP contribution in [0.3, 0.4) is 0 Å². The second-order valence-corrected chi connectivity index (χ2v) is 19.6. The van der Waals surface area contributed by atoms with Crippen molar-refractivity contribution in [3.8, 4) is 44.5 Å². The van der Waals surface area contributed by atoms with Gasteiger partial charge in [-0.1, -0.05) is 190 Å². The highest BCUT2D eigenvalue weighted by molar-refractivity contribution is 6.23. The number of rotatable bonds is 5. The van der Waals surface area contributed by atoms with Gasteiger partial charge in [0.15, 0.2) is 0 Å². The molecule has 0 amide bonds. The van der Waals surface area contributed by atoms with Gasteiger partial charge in [0.05, 0.1) is 0 Å². The lowest BCUT2D eigenvalue weighted by atomic mass is 9.80. The van der Waals surface area contributed by atoms with Crippen LogP contribution < -0.4 is 9.80 Å². The number of fused-ring (bicyclic) bond motifs is 9. The Labute approximate surface area is 404 Å². The fraction of sp³-hybridized carbons (Fsp3) is 0.0746. The van der Waals surface area contributed by atoms with Gasteiger partial charge in [0.1, 0.15) is 0 Å². The fourth-order valence-electron chi connectivity index (χ4n) is 12.2. The Morgan fingerprint density at radius 3 is 1.25 bits per heavy atom. The largest absolute Gasteiger partial charge is 0.310 e. The van der Waals surface area contributed by atoms with Crippen molar-refractivity contribution in [2.45, 2.75) is 32.1 Å². The molecule has 69 heavy (non-hydrogen) atoms. The van der Waals surface area contributed by atoms with Crippen molar-refractivity contribution in [3.05, 3.63) is 264 Å². The van der Waals surface area contributed by atoms with E-state index in [1.165, 1.54) is 122 Å². The molecule has 2 heterocycles. The zero-order valence-electron chi connectivity index (χ0n) is 38.7. The highest BCUT2D eigenvalue weighted by atomic mass is 15.2. The first kappa shape index (κ1) is 39.7. The van der Waals surface area contributed by atoms with Crippen LogP contribution >= 0.6 is 0 Å². The Morgan fingerprint density at radius 2 is 0.710 bits per heavy atom. The molecule has 2 heteroatoms. The quantitative estimate of drug-likeness (QED) is 0.159. The maximum atomic E-state index is 2.51. The predicted molar refractivity (Wildman–Crippen MR) is 290 cm³/mol. The second kappa shape index (κ2) is 15.3. The molecule has 0 aromatic heterocycles. The predicted octanol–water partition coefficient (Wildman–Crippen LogP) is 18.0. The van der Waals surface area contributed by atoms with Gasteiger partial charge in [0, 0.05) is 52.4 Å². The number of nitrogens with zero attached hydrogens (tertiary/aromatic N) is 2. The van der Waals surface area contributed by atoms with Crippen LogP contribution in [-0.4, -0.2) is 0 Å². The van der Waals surface area contributed by atoms with Gasteiger partial charge in [0.2, 0.25) is 0 Å². The summed E-state index contributed by atoms with van der Waals surface area (Å²) in [7, 11) is 0. The van der Waals surface area contributed by atoms with Crippen LogP contribution in [0.4, 0.5) is 34.1 Å². The van der Waals surface area contributed by atoms with Gasteiger partial charge >= 0.3 is 0 Å². The van der Waals surface area contributed by atoms with Crippen molar-refractivity contribution in [2.24, 2.45) is 0 Å². The van der Waals surface area contributed by atoms with Gasteiger partial charge in [-0.2, -0.15) is 0 Å². The molecule has 326 valence electrons. The van der Waals surface area contributed by atoms with E-state index in [-0.39, 0.29) is 5.41 Å². The normalized spacial score (nSPS) is 13.9. The smallest absolute Gasteiger partial charge is 0.0497 e. The Bertz CT molecular complexity index is 3790. The molecule has 2 nitrogen and oxygen atoms in total. The summed E-state index contributed by atoms with van der Waals surface area (Å²) in [6, 6.07) is 86.5. The standard InChI is InChI=1S/C67H48N2/c1-67(2)59-23-11-10-22-53(59)54-35-32-50(40-60(54)67)66-56-37-34-51(68-61-24-12-6-18-46(61)38-47-19-7-13-25-62(47)68)41-57(56)65(45-30-28-44(29-31-45)43-16-4-3-5-17-43)55-36-33-52(42-58(55)66)69-63-26-14-8-20-48(63)39-49-21-9-15-27-64(49)69/h3-37,40-42H,38-39H2,1-2H3. The van der Waals surface area contributed by atoms with Crippen LogP contribution in [0, 0.1) is 0 Å². The maximum Gasteiger partial charge on any atom is 0.0497 e. The van der Waals surface area contributed by atoms with E-state index in [0.717, 1.165) is 24.2 Å². The highest BCUT2D eigenvalue weighted by Gasteiger charge is 2.36. The summed E-state index contributed by atoms with van der Waals surface area (Å²) in [6.45, 7) is 4.79. The third-order valence-electron chi connectivity index (χ3n) is 15.4. The van der Waals surface area contributed by atoms with Crippen LogP contribution in [0.15, 0.2) is 231 Å². The van der Waals surface area contributed by atoms with E-state index in [0.29, 0.717) is 0 Å². The Hall–Kier alpha value is -8.46. The summed E-state index contributed by atoms with van der Waals surface area (Å²) in [5.41, 5.74) is 25.2. The Balaban J connectivity index is 1.08. The van der Waals surface area contributed by atoms with Crippen LogP contribution in [0.2, 0.25) is 0 Å². The minimum atomic E-state index is -0.150. The van der Waals surface area contributed by atoms with Crippen LogP contribution in [-0.2, 0) is 18.3 Å². The lowest BCUT2D eigenvalue weighted by molar-refractivity contribution is 0.660. The third-order valence-corrected chi connectivity index (χ3v) is 15.4. The van der Waals surface area contributed by atoms with Crippen LogP contribution in [0.1, 0.15) is 47.2 Å². The van der Waals surface area contributed by atoms with Gasteiger partial charge in [-0.15, -0.1) is 0 Å². The zero-order valence-corrected chi connectivity index (χ0v) is 38.7. The third kappa shape index (κ3) is 6.12. The molecule has 0 unspecified atom stereocenters. The molecule has 0 N–H and O–H groups in total. The maximum absolute atomic E-state index is 2.51. The Kier molecular flexibility index (Phi) is 8.79. The minimum absolute atomic E-state index is 0.150. The zero-order chi connectivity index (χ0) is 45.8. The van der Waals surface area contributed by atoms with Crippen molar-refractivity contribution in [1.29, 1.82) is 0 Å². The lowest BCUT2D eigenvalue weighted by Crippen LogP contribution is -2.18. The number of para-hydroxylation sites is 4. The van der Waals surface area contributed by atoms with E-state index >= 15 is 0 Å². The molecule has 2 aliphatic heterocycles. The number of hydrogen-bond donors (Lipinski definition) is 0. The molecule has 0 spiro atoms. The van der Waals surface area contributed by atoms with E-state index in [1.807, 2.05) is 0 Å². The summed E-state index contributed by atoms with van der Waals surface area (Å²) in [6.07, 6.45) is 1.83. The van der Waals surface area contributed by atoms with E-state index in [1.54, 1.807) is 0 Å². The van der Waals surface area contributed by atoms with Crippen molar-refractivity contribution in [3.63, 3.8) is 0 Å². The number of benzene rings is 11. The van der Waals surface area contributed by atoms with Gasteiger partial charge < -0.3 is 9.80 Å². The summed E-state index contributed by atoms with van der Waals surface area (Å²) >= 11 is 0. The van der Waals surface area contributed by atoms with Gasteiger partial charge in [-0.3, -0.25) is 0 Å². The van der Waals surface area contributed by atoms with Crippen molar-refractivity contribution in [1.82, 2.24) is 0 Å². The van der Waals surface area contributed by atoms with Gasteiger partial charge in [-0.25, -0.2) is 0 Å². The number of anilines is 6. The summed E-state index contributed by atoms with van der Waals surface area (Å²) < 4.78 is 0. The molecular formula is C67H48N2. The summed E-state index contributed by atoms with van der Waals surface area (Å²) in [5, 5.41) is 4.92. The molecule has 0 saturated heterocycles. The average molecular weight is 881 g/mol. The van der Waals surface area contributed by atoms with E-state index in [4.69, 9.17) is 0 Å². The van der Waals surface area contributed by atoms with E-state index in [2.05, 4.69) is 254 Å². The summed E-state index contributed by atoms with van der Waals surface area (Å²) in [5.74, 6) is 0. The molecule has 3 aliphatic rings. The SMILES string of the molecule is CC1(C)c2ccccc2-c2ccc(-c3c4ccc(N5c6ccccc6Cc6ccccc65)cc4c(-c4ccc(-c5ccccc5)cc4)c4ccc(N5c6ccccc6Cc6ccccc65)cc34)cc21. The lowest BCUT2D eigenvalue weighted by Gasteiger charge is -2.34. The number of hydrogen-bond acceptors (Lipinski definition) is 2. The molecule has 14 rings (SSSR count). The Morgan fingerprint density at radius 1 is 0.304 bits per heavy atom. The molecule has 1 aliphatic carbocycles. The average Bonchev–Trinajstić information content (AvgIpc) is 3.63. The minimum Gasteiger partial charge on any atom is -0.310 e. The van der Waals surface area contributed by atoms with Crippen molar-refractivity contribution >= 4 is 55.7 Å². The van der Waals surface area contributed by atoms with Crippen LogP contribution in [0.5, 0.6) is 0 Å². The van der Waals surface area contributed by atoms with E-state index in [9.17, 15) is 0 Å². The molecule has 0 fully saturated rings. The molecular weight excluding hydrogens is 833 g/mol. The molecule has 0 atom stereocenters. The van der Waals surface area contributed by atoms with Crippen molar-refractivity contribution in [2.75, 3.05) is 9.80 Å². The second-order valence-electron chi connectivity index (χ2n) is 19.6. The first-order valence-corrected chi connectivity index (χ1v) is 24.3.